The van der Waals surface area contributed by atoms with Crippen molar-refractivity contribution in [2.45, 2.75) is 44.3 Å². The van der Waals surface area contributed by atoms with Crippen molar-refractivity contribution in [2.24, 2.45) is 11.5 Å². The summed E-state index contributed by atoms with van der Waals surface area (Å²) in [6.07, 6.45) is 1.89. The predicted molar refractivity (Wildman–Crippen MR) is 88.1 cm³/mol. The lowest BCUT2D eigenvalue weighted by molar-refractivity contribution is -0.142. The molecule has 3 amide bonds. The molecule has 0 heterocycles. The molecule has 0 aliphatic rings. The number of unbranched alkanes of at least 4 members (excludes halogenated alkanes) is 1. The van der Waals surface area contributed by atoms with Crippen LogP contribution in [0.5, 0.6) is 0 Å². The zero-order chi connectivity index (χ0) is 19.4. The van der Waals surface area contributed by atoms with Crippen LogP contribution >= 0.6 is 0 Å². The molecule has 3 atom stereocenters. The Labute approximate surface area is 145 Å². The van der Waals surface area contributed by atoms with E-state index in [1.807, 2.05) is 5.32 Å². The van der Waals surface area contributed by atoms with Crippen LogP contribution in [0.1, 0.15) is 26.2 Å². The second-order valence-electron chi connectivity index (χ2n) is 5.48. The van der Waals surface area contributed by atoms with E-state index in [1.165, 1.54) is 6.92 Å². The maximum Gasteiger partial charge on any atom is 0.328 e. The molecule has 144 valence electrons. The van der Waals surface area contributed by atoms with Crippen molar-refractivity contribution in [3.63, 3.8) is 0 Å². The Hall–Kier alpha value is -2.24. The molecule has 9 N–H and O–H groups in total. The summed E-state index contributed by atoms with van der Waals surface area (Å²) in [6, 6.07) is -3.13. The van der Waals surface area contributed by atoms with Crippen molar-refractivity contribution in [3.05, 3.63) is 0 Å². The maximum atomic E-state index is 11.8. The van der Waals surface area contributed by atoms with Crippen LogP contribution in [-0.4, -0.2) is 71.7 Å². The topological polar surface area (TPSA) is 197 Å². The summed E-state index contributed by atoms with van der Waals surface area (Å²) in [4.78, 5) is 45.8. The number of carbonyl (C=O) groups is 4. The highest BCUT2D eigenvalue weighted by molar-refractivity contribution is 5.92. The minimum absolute atomic E-state index is 0.442. The minimum atomic E-state index is -1.45. The van der Waals surface area contributed by atoms with Gasteiger partial charge in [0.15, 0.2) is 0 Å². The van der Waals surface area contributed by atoms with Crippen LogP contribution in [0, 0.1) is 0 Å². The smallest absolute Gasteiger partial charge is 0.328 e. The van der Waals surface area contributed by atoms with Crippen LogP contribution in [0.4, 0.5) is 0 Å². The molecule has 0 radical (unpaired) electrons. The van der Waals surface area contributed by atoms with Gasteiger partial charge >= 0.3 is 5.97 Å². The van der Waals surface area contributed by atoms with Gasteiger partial charge in [-0.1, -0.05) is 6.42 Å². The Balaban J connectivity index is 4.22. The Morgan fingerprint density at radius 2 is 1.72 bits per heavy atom. The van der Waals surface area contributed by atoms with Crippen LogP contribution in [0.2, 0.25) is 0 Å². The molecule has 0 rings (SSSR count). The van der Waals surface area contributed by atoms with Gasteiger partial charge in [-0.25, -0.2) is 4.79 Å². The number of carboxylic acids is 1. The Morgan fingerprint density at radius 1 is 1.08 bits per heavy atom. The highest BCUT2D eigenvalue weighted by Crippen LogP contribution is 1.98. The Morgan fingerprint density at radius 3 is 2.24 bits per heavy atom. The van der Waals surface area contributed by atoms with Crippen molar-refractivity contribution < 1.29 is 29.4 Å². The number of rotatable bonds is 12. The molecule has 11 heteroatoms. The van der Waals surface area contributed by atoms with E-state index < -0.39 is 55.0 Å². The summed E-state index contributed by atoms with van der Waals surface area (Å²) in [7, 11) is 0. The second kappa shape index (κ2) is 12.2. The molecule has 0 saturated carbocycles. The number of carboxylic acid groups (broad SMARTS) is 1. The summed E-state index contributed by atoms with van der Waals surface area (Å²) < 4.78 is 0. The zero-order valence-corrected chi connectivity index (χ0v) is 14.2. The molecule has 0 saturated heterocycles. The molecule has 3 unspecified atom stereocenters. The van der Waals surface area contributed by atoms with Crippen molar-refractivity contribution in [1.82, 2.24) is 16.0 Å². The average molecular weight is 361 g/mol. The first-order valence-electron chi connectivity index (χ1n) is 7.89. The van der Waals surface area contributed by atoms with Crippen molar-refractivity contribution >= 4 is 23.7 Å². The second-order valence-corrected chi connectivity index (χ2v) is 5.48. The van der Waals surface area contributed by atoms with Gasteiger partial charge in [0.1, 0.15) is 12.1 Å². The molecule has 0 aromatic carbocycles. The van der Waals surface area contributed by atoms with E-state index in [1.54, 1.807) is 0 Å². The van der Waals surface area contributed by atoms with E-state index in [2.05, 4.69) is 10.6 Å². The normalized spacial score (nSPS) is 14.1. The van der Waals surface area contributed by atoms with E-state index >= 15 is 0 Å². The lowest BCUT2D eigenvalue weighted by atomic mass is 10.1. The molecule has 0 fully saturated rings. The van der Waals surface area contributed by atoms with Crippen molar-refractivity contribution in [3.8, 4) is 0 Å². The van der Waals surface area contributed by atoms with Gasteiger partial charge in [-0.3, -0.25) is 14.4 Å². The fourth-order valence-corrected chi connectivity index (χ4v) is 1.78. The third-order valence-electron chi connectivity index (χ3n) is 3.30. The maximum absolute atomic E-state index is 11.8. The Bertz CT molecular complexity index is 473. The van der Waals surface area contributed by atoms with Gasteiger partial charge < -0.3 is 37.6 Å². The van der Waals surface area contributed by atoms with E-state index in [9.17, 15) is 19.2 Å². The van der Waals surface area contributed by atoms with E-state index in [-0.39, 0.29) is 0 Å². The first-order valence-corrected chi connectivity index (χ1v) is 7.89. The largest absolute Gasteiger partial charge is 0.480 e. The van der Waals surface area contributed by atoms with E-state index in [0.29, 0.717) is 19.4 Å². The summed E-state index contributed by atoms with van der Waals surface area (Å²) in [6.45, 7) is 0.661. The summed E-state index contributed by atoms with van der Waals surface area (Å²) in [5.41, 5.74) is 11.1. The monoisotopic (exact) mass is 361 g/mol. The number of hydrogen-bond donors (Lipinski definition) is 7. The number of aliphatic hydroxyl groups excluding tert-OH is 1. The number of aliphatic carboxylic acids is 1. The molecule has 0 aliphatic heterocycles. The fraction of sp³-hybridized carbons (Fsp3) is 0.714. The van der Waals surface area contributed by atoms with Crippen LogP contribution in [0.3, 0.4) is 0 Å². The van der Waals surface area contributed by atoms with Crippen LogP contribution in [0.15, 0.2) is 0 Å². The molecule has 11 nitrogen and oxygen atoms in total. The quantitative estimate of drug-likeness (QED) is 0.175. The molecule has 25 heavy (non-hydrogen) atoms. The first kappa shape index (κ1) is 22.8. The van der Waals surface area contributed by atoms with Crippen LogP contribution in [0.25, 0.3) is 0 Å². The van der Waals surface area contributed by atoms with Gasteiger partial charge in [-0.05, 0) is 26.3 Å². The van der Waals surface area contributed by atoms with E-state index in [0.717, 1.165) is 6.42 Å². The minimum Gasteiger partial charge on any atom is -0.480 e. The lowest BCUT2D eigenvalue weighted by Gasteiger charge is -2.17. The number of carbonyl (C=O) groups excluding carboxylic acids is 3. The molecule has 0 aromatic rings. The van der Waals surface area contributed by atoms with Gasteiger partial charge in [-0.15, -0.1) is 0 Å². The first-order chi connectivity index (χ1) is 11.7. The zero-order valence-electron chi connectivity index (χ0n) is 14.2. The van der Waals surface area contributed by atoms with E-state index in [4.69, 9.17) is 21.7 Å². The van der Waals surface area contributed by atoms with Crippen LogP contribution < -0.4 is 27.4 Å². The highest BCUT2D eigenvalue weighted by Gasteiger charge is 2.22. The molecule has 0 aliphatic carbocycles. The molecular formula is C14H27N5O6. The number of hydrogen-bond acceptors (Lipinski definition) is 7. The standard InChI is InChI=1S/C14H27N5O6/c1-8(18-13(23)9(16)4-2-3-5-15)12(22)17-6-11(21)19-10(7-20)14(24)25/h8-10,20H,2-7,15-16H2,1H3,(H,17,22)(H,18,23)(H,19,21)(H,24,25). The lowest BCUT2D eigenvalue weighted by Crippen LogP contribution is -2.52. The van der Waals surface area contributed by atoms with Gasteiger partial charge in [-0.2, -0.15) is 0 Å². The summed E-state index contributed by atoms with van der Waals surface area (Å²) in [5.74, 6) is -3.30. The summed E-state index contributed by atoms with van der Waals surface area (Å²) >= 11 is 0. The van der Waals surface area contributed by atoms with Crippen molar-refractivity contribution in [1.29, 1.82) is 0 Å². The van der Waals surface area contributed by atoms with Gasteiger partial charge in [0.05, 0.1) is 19.2 Å². The van der Waals surface area contributed by atoms with Gasteiger partial charge in [0.25, 0.3) is 0 Å². The fourth-order valence-electron chi connectivity index (χ4n) is 1.78. The predicted octanol–water partition coefficient (Wildman–Crippen LogP) is -3.37. The summed E-state index contributed by atoms with van der Waals surface area (Å²) in [5, 5.41) is 24.2. The molecule has 0 bridgehead atoms. The van der Waals surface area contributed by atoms with Crippen molar-refractivity contribution in [2.75, 3.05) is 19.7 Å². The van der Waals surface area contributed by atoms with Gasteiger partial charge in [0, 0.05) is 0 Å². The molecule has 0 spiro atoms. The number of nitrogens with one attached hydrogen (secondary N) is 3. The third-order valence-corrected chi connectivity index (χ3v) is 3.30. The third kappa shape index (κ3) is 9.59. The van der Waals surface area contributed by atoms with Gasteiger partial charge in [0.2, 0.25) is 17.7 Å². The van der Waals surface area contributed by atoms with Crippen LogP contribution in [-0.2, 0) is 19.2 Å². The molecule has 0 aromatic heterocycles. The average Bonchev–Trinajstić information content (AvgIpc) is 2.56. The Kier molecular flexibility index (Phi) is 11.1. The number of amides is 3. The highest BCUT2D eigenvalue weighted by atomic mass is 16.4. The number of aliphatic hydroxyl groups is 1. The SMILES string of the molecule is CC(NC(=O)C(N)CCCCN)C(=O)NCC(=O)NC(CO)C(=O)O. The molecular weight excluding hydrogens is 334 g/mol. The number of nitrogens with two attached hydrogens (primary N) is 2.